The van der Waals surface area contributed by atoms with Crippen LogP contribution in [-0.4, -0.2) is 68.5 Å². The van der Waals surface area contributed by atoms with Gasteiger partial charge in [-0.05, 0) is 64.2 Å². The number of likely N-dealkylation sites (N-methyl/N-ethyl adjacent to an activating group) is 1. The summed E-state index contributed by atoms with van der Waals surface area (Å²) in [5, 5.41) is 13.9. The summed E-state index contributed by atoms with van der Waals surface area (Å²) in [6.07, 6.45) is 69.3. The first-order valence-corrected chi connectivity index (χ1v) is 31.5. The number of quaternary nitrogens is 1. The van der Waals surface area contributed by atoms with Gasteiger partial charge in [-0.3, -0.25) is 9.36 Å². The van der Waals surface area contributed by atoms with Gasteiger partial charge in [0.15, 0.2) is 0 Å². The topological polar surface area (TPSA) is 108 Å². The summed E-state index contributed by atoms with van der Waals surface area (Å²) >= 11 is 0. The number of phosphoric ester groups is 1. The van der Waals surface area contributed by atoms with E-state index in [1.807, 2.05) is 27.2 Å². The maximum absolute atomic E-state index is 12.9. The molecule has 3 unspecified atom stereocenters. The predicted molar refractivity (Wildman–Crippen MR) is 302 cm³/mol. The molecule has 0 heterocycles. The van der Waals surface area contributed by atoms with Crippen LogP contribution in [-0.2, 0) is 18.4 Å². The van der Waals surface area contributed by atoms with Crippen LogP contribution in [0.1, 0.15) is 284 Å². The summed E-state index contributed by atoms with van der Waals surface area (Å²) in [5.74, 6) is -0.219. The van der Waals surface area contributed by atoms with Crippen LogP contribution < -0.4 is 10.2 Å². The second-order valence-corrected chi connectivity index (χ2v) is 23.1. The number of aliphatic hydroxyl groups excluding tert-OH is 1. The maximum Gasteiger partial charge on any atom is 0.268 e. The van der Waals surface area contributed by atoms with E-state index in [4.69, 9.17) is 9.05 Å². The Kier molecular flexibility index (Phi) is 51.2. The molecular weight excluding hydrogens is 888 g/mol. The molecule has 0 fully saturated rings. The summed E-state index contributed by atoms with van der Waals surface area (Å²) in [5.41, 5.74) is 0. The summed E-state index contributed by atoms with van der Waals surface area (Å²) in [6, 6.07) is -0.912. The number of unbranched alkanes of at least 4 members (excludes halogenated alkanes) is 36. The second kappa shape index (κ2) is 52.3. The quantitative estimate of drug-likeness (QED) is 0.0272. The number of hydrogen-bond acceptors (Lipinski definition) is 6. The zero-order chi connectivity index (χ0) is 51.3. The number of rotatable bonds is 55. The Bertz CT molecular complexity index is 1280. The van der Waals surface area contributed by atoms with Crippen molar-refractivity contribution in [3.8, 4) is 0 Å². The number of amides is 1. The summed E-state index contributed by atoms with van der Waals surface area (Å²) in [7, 11) is 1.24. The molecule has 0 aromatic heterocycles. The SMILES string of the molecule is CCCCCC/C=C\C/C=C\CCCCCCCC(=O)NC(COP(=O)([O-])OCC[N+](C)(C)C)C(O)/C=C/CC/C=C/CCCCCCCCCCCCCCCCCCCCCCCCCCCC. The van der Waals surface area contributed by atoms with Gasteiger partial charge in [-0.25, -0.2) is 0 Å². The van der Waals surface area contributed by atoms with E-state index in [2.05, 4.69) is 55.6 Å². The number of nitrogens with zero attached hydrogens (tertiary/aromatic N) is 1. The Balaban J connectivity index is 4.14. The van der Waals surface area contributed by atoms with E-state index >= 15 is 0 Å². The van der Waals surface area contributed by atoms with Gasteiger partial charge in [0.25, 0.3) is 7.82 Å². The first-order chi connectivity index (χ1) is 34.0. The minimum absolute atomic E-state index is 0.0101. The second-order valence-electron chi connectivity index (χ2n) is 21.7. The zero-order valence-electron chi connectivity index (χ0n) is 47.0. The molecule has 0 saturated heterocycles. The molecule has 8 nitrogen and oxygen atoms in total. The van der Waals surface area contributed by atoms with Crippen LogP contribution in [0.15, 0.2) is 48.6 Å². The van der Waals surface area contributed by atoms with Gasteiger partial charge in [0, 0.05) is 6.42 Å². The molecule has 2 N–H and O–H groups in total. The lowest BCUT2D eigenvalue weighted by molar-refractivity contribution is -0.870. The summed E-state index contributed by atoms with van der Waals surface area (Å²) in [6.45, 7) is 4.62. The lowest BCUT2D eigenvalue weighted by Crippen LogP contribution is -2.45. The van der Waals surface area contributed by atoms with E-state index in [1.54, 1.807) is 6.08 Å². The normalized spacial score (nSPS) is 14.2. The molecule has 412 valence electrons. The van der Waals surface area contributed by atoms with Crippen LogP contribution in [0.4, 0.5) is 0 Å². The van der Waals surface area contributed by atoms with Gasteiger partial charge in [0.2, 0.25) is 5.91 Å². The van der Waals surface area contributed by atoms with Crippen molar-refractivity contribution in [2.75, 3.05) is 40.9 Å². The largest absolute Gasteiger partial charge is 0.756 e. The highest BCUT2D eigenvalue weighted by molar-refractivity contribution is 7.45. The molecule has 0 radical (unpaired) electrons. The Morgan fingerprint density at radius 3 is 1.26 bits per heavy atom. The predicted octanol–water partition coefficient (Wildman–Crippen LogP) is 17.7. The van der Waals surface area contributed by atoms with Crippen molar-refractivity contribution in [2.24, 2.45) is 0 Å². The molecule has 0 aromatic carbocycles. The van der Waals surface area contributed by atoms with Gasteiger partial charge in [-0.15, -0.1) is 0 Å². The van der Waals surface area contributed by atoms with Crippen LogP contribution >= 0.6 is 7.82 Å². The number of hydrogen-bond donors (Lipinski definition) is 2. The van der Waals surface area contributed by atoms with Crippen molar-refractivity contribution in [1.29, 1.82) is 0 Å². The van der Waals surface area contributed by atoms with E-state index in [1.165, 1.54) is 199 Å². The van der Waals surface area contributed by atoms with Gasteiger partial charge in [-0.2, -0.15) is 0 Å². The molecule has 0 aliphatic carbocycles. The van der Waals surface area contributed by atoms with E-state index in [0.29, 0.717) is 17.4 Å². The van der Waals surface area contributed by atoms with E-state index in [9.17, 15) is 19.4 Å². The monoisotopic (exact) mass is 1000 g/mol. The third kappa shape index (κ3) is 54.2. The number of nitrogens with one attached hydrogen (secondary N) is 1. The van der Waals surface area contributed by atoms with Crippen molar-refractivity contribution in [2.45, 2.75) is 296 Å². The van der Waals surface area contributed by atoms with Gasteiger partial charge < -0.3 is 28.8 Å². The highest BCUT2D eigenvalue weighted by Crippen LogP contribution is 2.38. The third-order valence-corrected chi connectivity index (χ3v) is 14.5. The zero-order valence-corrected chi connectivity index (χ0v) is 47.9. The van der Waals surface area contributed by atoms with Crippen molar-refractivity contribution in [3.05, 3.63) is 48.6 Å². The molecule has 0 aliphatic rings. The summed E-state index contributed by atoms with van der Waals surface area (Å²) in [4.78, 5) is 25.4. The Morgan fingerprint density at radius 1 is 0.500 bits per heavy atom. The molecule has 0 spiro atoms. The smallest absolute Gasteiger partial charge is 0.268 e. The van der Waals surface area contributed by atoms with Gasteiger partial charge in [0.1, 0.15) is 13.2 Å². The molecule has 0 rings (SSSR count). The van der Waals surface area contributed by atoms with Crippen molar-refractivity contribution < 1.29 is 32.9 Å². The molecular formula is C61H117N2O6P. The molecule has 1 amide bonds. The Hall–Kier alpha value is -1.54. The number of carbonyl (C=O) groups excluding carboxylic acids is 1. The maximum atomic E-state index is 12.9. The van der Waals surface area contributed by atoms with Gasteiger partial charge in [-0.1, -0.05) is 262 Å². The average molecular weight is 1010 g/mol. The van der Waals surface area contributed by atoms with Gasteiger partial charge >= 0.3 is 0 Å². The highest BCUT2D eigenvalue weighted by atomic mass is 31.2. The first-order valence-electron chi connectivity index (χ1n) is 30.0. The number of carbonyl (C=O) groups is 1. The molecule has 0 aromatic rings. The molecule has 70 heavy (non-hydrogen) atoms. The van der Waals surface area contributed by atoms with E-state index in [-0.39, 0.29) is 12.5 Å². The Labute approximate surface area is 435 Å². The molecule has 9 heteroatoms. The molecule has 0 saturated carbocycles. The third-order valence-electron chi connectivity index (χ3n) is 13.5. The van der Waals surface area contributed by atoms with Crippen molar-refractivity contribution >= 4 is 13.7 Å². The summed E-state index contributed by atoms with van der Waals surface area (Å²) < 4.78 is 23.3. The van der Waals surface area contributed by atoms with E-state index in [0.717, 1.165) is 64.2 Å². The number of phosphoric acid groups is 1. The first kappa shape index (κ1) is 68.5. The number of aliphatic hydroxyl groups is 1. The van der Waals surface area contributed by atoms with Crippen LogP contribution in [0.5, 0.6) is 0 Å². The average Bonchev–Trinajstić information content (AvgIpc) is 3.32. The van der Waals surface area contributed by atoms with Crippen LogP contribution in [0, 0.1) is 0 Å². The van der Waals surface area contributed by atoms with Crippen LogP contribution in [0.25, 0.3) is 0 Å². The highest BCUT2D eigenvalue weighted by Gasteiger charge is 2.23. The molecule has 0 bridgehead atoms. The van der Waals surface area contributed by atoms with Gasteiger partial charge in [0.05, 0.1) is 39.9 Å². The number of allylic oxidation sites excluding steroid dienone is 7. The van der Waals surface area contributed by atoms with E-state index < -0.39 is 26.6 Å². The molecule has 0 aliphatic heterocycles. The lowest BCUT2D eigenvalue weighted by Gasteiger charge is -2.29. The fraction of sp³-hybridized carbons (Fsp3) is 0.852. The minimum atomic E-state index is -4.61. The fourth-order valence-electron chi connectivity index (χ4n) is 8.79. The van der Waals surface area contributed by atoms with Crippen LogP contribution in [0.3, 0.4) is 0 Å². The van der Waals surface area contributed by atoms with Crippen LogP contribution in [0.2, 0.25) is 0 Å². The standard InChI is InChI=1S/C61H117N2O6P/c1-6-8-10-12-14-16-18-20-22-24-25-26-27-28-29-30-31-32-33-34-35-36-37-38-39-40-42-44-46-48-50-52-54-60(64)59(58-69-70(66,67)68-57-56-63(3,4)5)62-61(65)55-53-51-49-47-45-43-41-23-21-19-17-15-13-11-9-7-2/h17,19,23,41,44,46,52,54,59-60,64H,6-16,18,20-22,24-40,42-43,45,47-51,53,55-58H2,1-5H3,(H-,62,65,66,67)/b19-17-,41-23-,46-44+,54-52+. The van der Waals surface area contributed by atoms with Crippen molar-refractivity contribution in [3.63, 3.8) is 0 Å². The fourth-order valence-corrected chi connectivity index (χ4v) is 9.51. The lowest BCUT2D eigenvalue weighted by atomic mass is 10.0. The Morgan fingerprint density at radius 2 is 0.843 bits per heavy atom. The molecule has 3 atom stereocenters. The van der Waals surface area contributed by atoms with Crippen molar-refractivity contribution in [1.82, 2.24) is 5.32 Å². The minimum Gasteiger partial charge on any atom is -0.756 e.